The molecule has 1 aromatic rings. The Labute approximate surface area is 95.9 Å². The van der Waals surface area contributed by atoms with Crippen molar-refractivity contribution in [2.24, 2.45) is 0 Å². The van der Waals surface area contributed by atoms with Crippen LogP contribution in [0.15, 0.2) is 24.3 Å². The Kier molecular flexibility index (Phi) is 3.09. The molecule has 1 aliphatic rings. The van der Waals surface area contributed by atoms with Gasteiger partial charge in [0.2, 0.25) is 0 Å². The van der Waals surface area contributed by atoms with E-state index in [-0.39, 0.29) is 5.97 Å². The van der Waals surface area contributed by atoms with Gasteiger partial charge in [0.15, 0.2) is 0 Å². The Morgan fingerprint density at radius 2 is 2.19 bits per heavy atom. The molecule has 0 aromatic heterocycles. The Morgan fingerprint density at radius 3 is 2.81 bits per heavy atom. The van der Waals surface area contributed by atoms with Crippen LogP contribution in [0.1, 0.15) is 40.7 Å². The molecule has 1 aromatic carbocycles. The second-order valence-electron chi connectivity index (χ2n) is 4.11. The number of aryl methyl sites for hydroxylation is 1. The highest BCUT2D eigenvalue weighted by molar-refractivity contribution is 5.97. The summed E-state index contributed by atoms with van der Waals surface area (Å²) in [5.74, 6) is -0.235. The van der Waals surface area contributed by atoms with Gasteiger partial charge in [-0.1, -0.05) is 24.3 Å². The van der Waals surface area contributed by atoms with Gasteiger partial charge in [-0.05, 0) is 42.9 Å². The molecular weight excluding hydrogens is 200 g/mol. The van der Waals surface area contributed by atoms with Crippen LogP contribution < -0.4 is 0 Å². The predicted molar refractivity (Wildman–Crippen MR) is 64.3 cm³/mol. The second kappa shape index (κ2) is 4.52. The van der Waals surface area contributed by atoms with Crippen LogP contribution in [0.5, 0.6) is 0 Å². The predicted octanol–water partition coefficient (Wildman–Crippen LogP) is 3.35. The Morgan fingerprint density at radius 1 is 1.38 bits per heavy atom. The van der Waals surface area contributed by atoms with Crippen molar-refractivity contribution in [3.8, 4) is 0 Å². The highest BCUT2D eigenvalue weighted by atomic mass is 16.5. The van der Waals surface area contributed by atoms with Gasteiger partial charge in [-0.2, -0.15) is 0 Å². The van der Waals surface area contributed by atoms with Crippen molar-refractivity contribution in [2.45, 2.75) is 26.2 Å². The third-order valence-electron chi connectivity index (χ3n) is 3.05. The number of ether oxygens (including phenoxy) is 1. The summed E-state index contributed by atoms with van der Waals surface area (Å²) >= 11 is 0. The topological polar surface area (TPSA) is 26.3 Å². The number of allylic oxidation sites excluding steroid dienone is 2. The van der Waals surface area contributed by atoms with E-state index in [4.69, 9.17) is 4.74 Å². The zero-order valence-corrected chi connectivity index (χ0v) is 9.75. The lowest BCUT2D eigenvalue weighted by molar-refractivity contribution is 0.0599. The Bertz CT molecular complexity index is 444. The van der Waals surface area contributed by atoms with Gasteiger partial charge in [-0.3, -0.25) is 0 Å². The van der Waals surface area contributed by atoms with Gasteiger partial charge in [0.25, 0.3) is 0 Å². The normalized spacial score (nSPS) is 14.8. The molecule has 0 aliphatic heterocycles. The molecule has 2 heteroatoms. The summed E-state index contributed by atoms with van der Waals surface area (Å²) in [6.45, 7) is 1.95. The zero-order valence-electron chi connectivity index (χ0n) is 9.75. The third-order valence-corrected chi connectivity index (χ3v) is 3.05. The highest BCUT2D eigenvalue weighted by Gasteiger charge is 2.18. The number of carbonyl (C=O) groups excluding carboxylic acids is 1. The van der Waals surface area contributed by atoms with E-state index in [2.05, 4.69) is 6.08 Å². The van der Waals surface area contributed by atoms with Crippen molar-refractivity contribution in [1.29, 1.82) is 0 Å². The van der Waals surface area contributed by atoms with Gasteiger partial charge >= 0.3 is 5.97 Å². The minimum Gasteiger partial charge on any atom is -0.465 e. The number of esters is 1. The minimum absolute atomic E-state index is 0.235. The first-order chi connectivity index (χ1) is 7.74. The first kappa shape index (κ1) is 10.9. The van der Waals surface area contributed by atoms with Crippen LogP contribution in [0, 0.1) is 6.92 Å². The maximum absolute atomic E-state index is 11.8. The summed E-state index contributed by atoms with van der Waals surface area (Å²) in [4.78, 5) is 11.8. The van der Waals surface area contributed by atoms with Crippen LogP contribution in [-0.2, 0) is 4.74 Å². The van der Waals surface area contributed by atoms with Gasteiger partial charge in [0.05, 0.1) is 12.7 Å². The molecule has 0 atom stereocenters. The van der Waals surface area contributed by atoms with E-state index in [9.17, 15) is 4.79 Å². The van der Waals surface area contributed by atoms with Crippen molar-refractivity contribution < 1.29 is 9.53 Å². The van der Waals surface area contributed by atoms with Crippen molar-refractivity contribution in [1.82, 2.24) is 0 Å². The molecule has 0 unspecified atom stereocenters. The molecule has 0 amide bonds. The van der Waals surface area contributed by atoms with Gasteiger partial charge < -0.3 is 4.74 Å². The first-order valence-corrected chi connectivity index (χ1v) is 5.61. The van der Waals surface area contributed by atoms with Crippen molar-refractivity contribution in [3.63, 3.8) is 0 Å². The average Bonchev–Trinajstić information content (AvgIpc) is 2.81. The summed E-state index contributed by atoms with van der Waals surface area (Å²) in [5.41, 5.74) is 4.03. The van der Waals surface area contributed by atoms with E-state index >= 15 is 0 Å². The highest BCUT2D eigenvalue weighted by Crippen LogP contribution is 2.31. The molecule has 0 radical (unpaired) electrons. The average molecular weight is 216 g/mol. The number of methoxy groups -OCH3 is 1. The SMILES string of the molecule is COC(=O)c1c(C)cccc1C1=CCCC1. The summed E-state index contributed by atoms with van der Waals surface area (Å²) in [6, 6.07) is 5.96. The van der Waals surface area contributed by atoms with Crippen molar-refractivity contribution >= 4 is 11.5 Å². The van der Waals surface area contributed by atoms with Gasteiger partial charge in [-0.25, -0.2) is 4.79 Å². The van der Waals surface area contributed by atoms with Crippen LogP contribution in [-0.4, -0.2) is 13.1 Å². The van der Waals surface area contributed by atoms with Crippen molar-refractivity contribution in [3.05, 3.63) is 41.0 Å². The lowest BCUT2D eigenvalue weighted by Gasteiger charge is -2.11. The quantitative estimate of drug-likeness (QED) is 0.709. The van der Waals surface area contributed by atoms with Crippen LogP contribution in [0.25, 0.3) is 5.57 Å². The van der Waals surface area contributed by atoms with E-state index in [1.807, 2.05) is 25.1 Å². The molecule has 0 heterocycles. The van der Waals surface area contributed by atoms with Crippen LogP contribution in [0.2, 0.25) is 0 Å². The molecule has 0 bridgehead atoms. The fourth-order valence-corrected chi connectivity index (χ4v) is 2.22. The van der Waals surface area contributed by atoms with Gasteiger partial charge in [0.1, 0.15) is 0 Å². The number of hydrogen-bond donors (Lipinski definition) is 0. The minimum atomic E-state index is -0.235. The molecule has 16 heavy (non-hydrogen) atoms. The number of hydrogen-bond acceptors (Lipinski definition) is 2. The summed E-state index contributed by atoms with van der Waals surface area (Å²) in [6.07, 6.45) is 5.59. The molecule has 84 valence electrons. The molecule has 1 aliphatic carbocycles. The van der Waals surface area contributed by atoms with E-state index < -0.39 is 0 Å². The Balaban J connectivity index is 2.51. The summed E-state index contributed by atoms with van der Waals surface area (Å²) in [7, 11) is 1.43. The van der Waals surface area contributed by atoms with Gasteiger partial charge in [-0.15, -0.1) is 0 Å². The molecule has 0 saturated carbocycles. The maximum Gasteiger partial charge on any atom is 0.338 e. The monoisotopic (exact) mass is 216 g/mol. The lowest BCUT2D eigenvalue weighted by atomic mass is 9.95. The summed E-state index contributed by atoms with van der Waals surface area (Å²) < 4.78 is 4.85. The number of benzene rings is 1. The van der Waals surface area contributed by atoms with E-state index in [1.165, 1.54) is 19.1 Å². The largest absolute Gasteiger partial charge is 0.465 e. The smallest absolute Gasteiger partial charge is 0.338 e. The van der Waals surface area contributed by atoms with E-state index in [0.717, 1.165) is 29.5 Å². The van der Waals surface area contributed by atoms with Crippen molar-refractivity contribution in [2.75, 3.05) is 7.11 Å². The maximum atomic E-state index is 11.8. The van der Waals surface area contributed by atoms with Crippen LogP contribution in [0.4, 0.5) is 0 Å². The molecular formula is C14H16O2. The van der Waals surface area contributed by atoms with Crippen LogP contribution >= 0.6 is 0 Å². The lowest BCUT2D eigenvalue weighted by Crippen LogP contribution is -2.07. The number of rotatable bonds is 2. The first-order valence-electron chi connectivity index (χ1n) is 5.61. The summed E-state index contributed by atoms with van der Waals surface area (Å²) in [5, 5.41) is 0. The molecule has 0 spiro atoms. The fourth-order valence-electron chi connectivity index (χ4n) is 2.22. The molecule has 2 rings (SSSR count). The standard InChI is InChI=1S/C14H16O2/c1-10-6-5-9-12(11-7-3-4-8-11)13(10)14(15)16-2/h5-7,9H,3-4,8H2,1-2H3. The molecule has 0 saturated heterocycles. The Hall–Kier alpha value is -1.57. The van der Waals surface area contributed by atoms with E-state index in [0.29, 0.717) is 0 Å². The van der Waals surface area contributed by atoms with Crippen LogP contribution in [0.3, 0.4) is 0 Å². The fraction of sp³-hybridized carbons (Fsp3) is 0.357. The number of carbonyl (C=O) groups is 1. The van der Waals surface area contributed by atoms with Gasteiger partial charge in [0, 0.05) is 0 Å². The second-order valence-corrected chi connectivity index (χ2v) is 4.11. The third kappa shape index (κ3) is 1.87. The zero-order chi connectivity index (χ0) is 11.5. The molecule has 0 N–H and O–H groups in total. The molecule has 0 fully saturated rings. The molecule has 2 nitrogen and oxygen atoms in total. The van der Waals surface area contributed by atoms with E-state index in [1.54, 1.807) is 0 Å².